The number of hydrogen-bond donors (Lipinski definition) is 3. The molecule has 0 unspecified atom stereocenters. The summed E-state index contributed by atoms with van der Waals surface area (Å²) in [7, 11) is 1.71. The number of aliphatic imine (C=N–C) groups is 1. The lowest BCUT2D eigenvalue weighted by Gasteiger charge is -2.18. The minimum absolute atomic E-state index is 0.138. The SMILES string of the molecule is CN=C(NCC(=O)Nc1cccnc1)NCC1(Sc2ccccc2)CC1. The molecule has 6 nitrogen and oxygen atoms in total. The fourth-order valence-electron chi connectivity index (χ4n) is 2.46. The summed E-state index contributed by atoms with van der Waals surface area (Å²) in [6.45, 7) is 0.962. The number of rotatable bonds is 7. The average Bonchev–Trinajstić information content (AvgIpc) is 3.43. The lowest BCUT2D eigenvalue weighted by molar-refractivity contribution is -0.115. The van der Waals surface area contributed by atoms with E-state index in [9.17, 15) is 4.79 Å². The van der Waals surface area contributed by atoms with Crippen molar-refractivity contribution in [3.05, 3.63) is 54.9 Å². The van der Waals surface area contributed by atoms with Crippen molar-refractivity contribution in [1.29, 1.82) is 0 Å². The molecule has 3 N–H and O–H groups in total. The molecule has 136 valence electrons. The second kappa shape index (κ2) is 8.71. The van der Waals surface area contributed by atoms with Crippen LogP contribution in [-0.4, -0.2) is 41.7 Å². The highest BCUT2D eigenvalue weighted by molar-refractivity contribution is 8.01. The fourth-order valence-corrected chi connectivity index (χ4v) is 3.71. The molecule has 1 aliphatic rings. The van der Waals surface area contributed by atoms with Gasteiger partial charge in [0.1, 0.15) is 0 Å². The van der Waals surface area contributed by atoms with Crippen molar-refractivity contribution in [2.24, 2.45) is 4.99 Å². The van der Waals surface area contributed by atoms with E-state index < -0.39 is 0 Å². The van der Waals surface area contributed by atoms with Crippen LogP contribution in [0.25, 0.3) is 0 Å². The van der Waals surface area contributed by atoms with Crippen molar-refractivity contribution in [3.8, 4) is 0 Å². The van der Waals surface area contributed by atoms with Gasteiger partial charge in [0.05, 0.1) is 18.4 Å². The Hall–Kier alpha value is -2.54. The first-order valence-electron chi connectivity index (χ1n) is 8.58. The molecular formula is C19H23N5OS. The Kier molecular flexibility index (Phi) is 6.12. The minimum atomic E-state index is -0.138. The largest absolute Gasteiger partial charge is 0.355 e. The van der Waals surface area contributed by atoms with Crippen molar-refractivity contribution in [2.75, 3.05) is 25.5 Å². The smallest absolute Gasteiger partial charge is 0.243 e. The predicted molar refractivity (Wildman–Crippen MR) is 106 cm³/mol. The van der Waals surface area contributed by atoms with E-state index in [-0.39, 0.29) is 17.2 Å². The van der Waals surface area contributed by atoms with Crippen LogP contribution in [0.1, 0.15) is 12.8 Å². The van der Waals surface area contributed by atoms with E-state index in [1.807, 2.05) is 17.8 Å². The number of aromatic nitrogens is 1. The van der Waals surface area contributed by atoms with Gasteiger partial charge in [-0.2, -0.15) is 0 Å². The number of benzene rings is 1. The molecule has 2 aromatic rings. The monoisotopic (exact) mass is 369 g/mol. The molecule has 0 atom stereocenters. The molecule has 0 saturated heterocycles. The second-order valence-corrected chi connectivity index (χ2v) is 7.71. The van der Waals surface area contributed by atoms with Gasteiger partial charge in [-0.15, -0.1) is 11.8 Å². The number of nitrogens with one attached hydrogen (secondary N) is 3. The third-order valence-electron chi connectivity index (χ3n) is 4.05. The van der Waals surface area contributed by atoms with E-state index in [1.54, 1.807) is 31.6 Å². The lowest BCUT2D eigenvalue weighted by Crippen LogP contribution is -2.44. The topological polar surface area (TPSA) is 78.4 Å². The minimum Gasteiger partial charge on any atom is -0.355 e. The van der Waals surface area contributed by atoms with E-state index in [1.165, 1.54) is 17.7 Å². The normalized spacial score (nSPS) is 15.2. The quantitative estimate of drug-likeness (QED) is 0.516. The van der Waals surface area contributed by atoms with Crippen LogP contribution in [0, 0.1) is 0 Å². The number of anilines is 1. The van der Waals surface area contributed by atoms with Gasteiger partial charge in [0.15, 0.2) is 5.96 Å². The molecule has 0 spiro atoms. The Morgan fingerprint density at radius 3 is 2.65 bits per heavy atom. The van der Waals surface area contributed by atoms with E-state index in [2.05, 4.69) is 50.2 Å². The number of guanidine groups is 1. The van der Waals surface area contributed by atoms with Gasteiger partial charge in [-0.3, -0.25) is 14.8 Å². The van der Waals surface area contributed by atoms with Gasteiger partial charge in [-0.1, -0.05) is 18.2 Å². The highest BCUT2D eigenvalue weighted by Gasteiger charge is 2.43. The molecular weight excluding hydrogens is 346 g/mol. The van der Waals surface area contributed by atoms with Crippen LogP contribution in [0.5, 0.6) is 0 Å². The summed E-state index contributed by atoms with van der Waals surface area (Å²) >= 11 is 1.90. The van der Waals surface area contributed by atoms with Crippen LogP contribution in [0.15, 0.2) is 64.7 Å². The molecule has 7 heteroatoms. The van der Waals surface area contributed by atoms with Gasteiger partial charge >= 0.3 is 0 Å². The van der Waals surface area contributed by atoms with E-state index in [4.69, 9.17) is 0 Å². The molecule has 1 amide bonds. The van der Waals surface area contributed by atoms with E-state index >= 15 is 0 Å². The highest BCUT2D eigenvalue weighted by Crippen LogP contribution is 2.51. The Morgan fingerprint density at radius 1 is 1.19 bits per heavy atom. The molecule has 1 heterocycles. The summed E-state index contributed by atoms with van der Waals surface area (Å²) in [6.07, 6.45) is 5.64. The zero-order valence-electron chi connectivity index (χ0n) is 14.7. The molecule has 0 aliphatic heterocycles. The maximum Gasteiger partial charge on any atom is 0.243 e. The van der Waals surface area contributed by atoms with E-state index in [0.717, 1.165) is 6.54 Å². The van der Waals surface area contributed by atoms with Crippen molar-refractivity contribution < 1.29 is 4.79 Å². The summed E-state index contributed by atoms with van der Waals surface area (Å²) in [5.74, 6) is 0.493. The van der Waals surface area contributed by atoms with Gasteiger partial charge in [0, 0.05) is 29.4 Å². The van der Waals surface area contributed by atoms with Crippen LogP contribution in [0.3, 0.4) is 0 Å². The highest BCUT2D eigenvalue weighted by atomic mass is 32.2. The predicted octanol–water partition coefficient (Wildman–Crippen LogP) is 2.51. The summed E-state index contributed by atoms with van der Waals surface area (Å²) in [5.41, 5.74) is 0.679. The molecule has 1 fully saturated rings. The average molecular weight is 369 g/mol. The molecule has 0 radical (unpaired) electrons. The fraction of sp³-hybridized carbons (Fsp3) is 0.316. The van der Waals surface area contributed by atoms with Crippen LogP contribution in [0.2, 0.25) is 0 Å². The number of hydrogen-bond acceptors (Lipinski definition) is 4. The Labute approximate surface area is 157 Å². The lowest BCUT2D eigenvalue weighted by atomic mass is 10.4. The zero-order valence-corrected chi connectivity index (χ0v) is 15.6. The van der Waals surface area contributed by atoms with Gasteiger partial charge in [0.2, 0.25) is 5.91 Å². The maximum atomic E-state index is 12.0. The molecule has 1 aromatic carbocycles. The molecule has 1 aliphatic carbocycles. The van der Waals surface area contributed by atoms with Gasteiger partial charge in [-0.05, 0) is 37.1 Å². The van der Waals surface area contributed by atoms with Crippen LogP contribution in [-0.2, 0) is 4.79 Å². The van der Waals surface area contributed by atoms with Crippen molar-refractivity contribution in [1.82, 2.24) is 15.6 Å². The Morgan fingerprint density at radius 2 is 2.00 bits per heavy atom. The molecule has 26 heavy (non-hydrogen) atoms. The molecule has 1 saturated carbocycles. The first kappa shape index (κ1) is 18.3. The van der Waals surface area contributed by atoms with Gasteiger partial charge in [-0.25, -0.2) is 0 Å². The molecule has 0 bridgehead atoms. The number of pyridine rings is 1. The maximum absolute atomic E-state index is 12.0. The number of thioether (sulfide) groups is 1. The molecule has 3 rings (SSSR count). The number of amides is 1. The van der Waals surface area contributed by atoms with Crippen molar-refractivity contribution in [2.45, 2.75) is 22.5 Å². The standard InChI is InChI=1S/C19H23N5OS/c1-20-18(22-13-17(25)24-15-6-5-11-21-12-15)23-14-19(9-10-19)26-16-7-3-2-4-8-16/h2-8,11-12H,9-10,13-14H2,1H3,(H,24,25)(H2,20,22,23). The Balaban J connectivity index is 1.43. The van der Waals surface area contributed by atoms with Gasteiger partial charge < -0.3 is 16.0 Å². The Bertz CT molecular complexity index is 747. The number of carbonyl (C=O) groups is 1. The van der Waals surface area contributed by atoms with Gasteiger partial charge in [0.25, 0.3) is 0 Å². The summed E-state index contributed by atoms with van der Waals surface area (Å²) in [6, 6.07) is 14.0. The summed E-state index contributed by atoms with van der Waals surface area (Å²) in [5, 5.41) is 9.18. The zero-order chi connectivity index (χ0) is 18.2. The first-order chi connectivity index (χ1) is 12.7. The number of carbonyl (C=O) groups excluding carboxylic acids is 1. The third-order valence-corrected chi connectivity index (χ3v) is 5.54. The molecule has 1 aromatic heterocycles. The summed E-state index contributed by atoms with van der Waals surface area (Å²) < 4.78 is 0.219. The van der Waals surface area contributed by atoms with Crippen molar-refractivity contribution >= 4 is 29.3 Å². The van der Waals surface area contributed by atoms with Crippen molar-refractivity contribution in [3.63, 3.8) is 0 Å². The van der Waals surface area contributed by atoms with Crippen LogP contribution >= 0.6 is 11.8 Å². The number of nitrogens with zero attached hydrogens (tertiary/aromatic N) is 2. The summed E-state index contributed by atoms with van der Waals surface area (Å²) in [4.78, 5) is 21.5. The van der Waals surface area contributed by atoms with E-state index in [0.29, 0.717) is 11.6 Å². The van der Waals surface area contributed by atoms with Crippen LogP contribution in [0.4, 0.5) is 5.69 Å². The second-order valence-electron chi connectivity index (χ2n) is 6.17. The van der Waals surface area contributed by atoms with Crippen LogP contribution < -0.4 is 16.0 Å². The third kappa shape index (κ3) is 5.49. The first-order valence-corrected chi connectivity index (χ1v) is 9.39.